The molecule has 13 heavy (non-hydrogen) atoms. The van der Waals surface area contributed by atoms with E-state index in [4.69, 9.17) is 17.5 Å². The molecule has 0 rings (SSSR count). The number of unbranched alkanes of at least 4 members (excludes halogenated alkanes) is 1. The van der Waals surface area contributed by atoms with Crippen LogP contribution in [0.25, 0.3) is 0 Å². The molecular formula is C9H16N2S2. The average molecular weight is 216 g/mol. The molecule has 0 aromatic rings. The Kier molecular flexibility index (Phi) is 8.16. The van der Waals surface area contributed by atoms with E-state index in [0.717, 1.165) is 16.6 Å². The molecule has 0 spiro atoms. The van der Waals surface area contributed by atoms with Crippen molar-refractivity contribution in [3.05, 3.63) is 0 Å². The summed E-state index contributed by atoms with van der Waals surface area (Å²) < 4.78 is 0.906. The molecule has 0 heterocycles. The van der Waals surface area contributed by atoms with Crippen LogP contribution in [0.2, 0.25) is 0 Å². The minimum atomic E-state index is 0.547. The van der Waals surface area contributed by atoms with Crippen molar-refractivity contribution in [2.24, 2.45) is 0 Å². The Balaban J connectivity index is 3.52. The largest absolute Gasteiger partial charge is 0.360 e. The highest BCUT2D eigenvalue weighted by Gasteiger charge is 2.03. The molecule has 0 aliphatic carbocycles. The lowest BCUT2D eigenvalue weighted by atomic mass is 10.4. The van der Waals surface area contributed by atoms with Crippen LogP contribution in [-0.2, 0) is 0 Å². The highest BCUT2D eigenvalue weighted by atomic mass is 32.2. The molecule has 0 radical (unpaired) electrons. The number of nitrogens with zero attached hydrogens (tertiary/aromatic N) is 2. The molecule has 0 aliphatic heterocycles. The second-order valence-corrected chi connectivity index (χ2v) is 4.53. The van der Waals surface area contributed by atoms with Crippen molar-refractivity contribution in [2.45, 2.75) is 26.2 Å². The maximum atomic E-state index is 8.38. The first-order chi connectivity index (χ1) is 6.22. The third-order valence-corrected chi connectivity index (χ3v) is 3.31. The van der Waals surface area contributed by atoms with Crippen molar-refractivity contribution < 1.29 is 0 Å². The lowest BCUT2D eigenvalue weighted by Crippen LogP contribution is -2.23. The summed E-state index contributed by atoms with van der Waals surface area (Å²) >= 11 is 6.89. The molecule has 0 saturated heterocycles. The number of hydrogen-bond acceptors (Lipinski definition) is 3. The van der Waals surface area contributed by atoms with E-state index < -0.39 is 0 Å². The smallest absolute Gasteiger partial charge is 0.136 e. The monoisotopic (exact) mass is 216 g/mol. The summed E-state index contributed by atoms with van der Waals surface area (Å²) in [5, 5.41) is 8.38. The molecule has 4 heteroatoms. The van der Waals surface area contributed by atoms with Crippen LogP contribution in [0, 0.1) is 11.3 Å². The molecule has 0 saturated carbocycles. The third kappa shape index (κ3) is 6.85. The summed E-state index contributed by atoms with van der Waals surface area (Å²) in [6.07, 6.45) is 2.96. The second kappa shape index (κ2) is 8.33. The van der Waals surface area contributed by atoms with Gasteiger partial charge in [0.25, 0.3) is 0 Å². The van der Waals surface area contributed by atoms with Crippen molar-refractivity contribution >= 4 is 28.3 Å². The number of thiocarbonyl (C=S) groups is 1. The van der Waals surface area contributed by atoms with Crippen molar-refractivity contribution in [2.75, 3.05) is 19.3 Å². The van der Waals surface area contributed by atoms with Gasteiger partial charge in [-0.05, 0) is 6.42 Å². The van der Waals surface area contributed by atoms with Crippen LogP contribution in [0.15, 0.2) is 0 Å². The first-order valence-corrected chi connectivity index (χ1v) is 5.86. The van der Waals surface area contributed by atoms with Crippen molar-refractivity contribution in [3.63, 3.8) is 0 Å². The Labute approximate surface area is 90.3 Å². The number of thioether (sulfide) groups is 1. The molecule has 0 aromatic heterocycles. The maximum absolute atomic E-state index is 8.38. The molecular weight excluding hydrogens is 200 g/mol. The zero-order valence-corrected chi connectivity index (χ0v) is 9.88. The maximum Gasteiger partial charge on any atom is 0.136 e. The van der Waals surface area contributed by atoms with Gasteiger partial charge in [0.05, 0.1) is 12.5 Å². The highest BCUT2D eigenvalue weighted by Crippen LogP contribution is 2.10. The SMILES string of the molecule is CCCCSC(=S)N(C)CCC#N. The molecule has 0 atom stereocenters. The van der Waals surface area contributed by atoms with E-state index in [0.29, 0.717) is 6.42 Å². The van der Waals surface area contributed by atoms with Gasteiger partial charge in [-0.1, -0.05) is 37.3 Å². The molecule has 74 valence electrons. The van der Waals surface area contributed by atoms with Crippen molar-refractivity contribution in [1.29, 1.82) is 5.26 Å². The molecule has 0 aliphatic rings. The van der Waals surface area contributed by atoms with Gasteiger partial charge in [0.1, 0.15) is 4.32 Å². The number of nitriles is 1. The quantitative estimate of drug-likeness (QED) is 0.521. The fourth-order valence-electron chi connectivity index (χ4n) is 0.723. The number of hydrogen-bond donors (Lipinski definition) is 0. The summed E-state index contributed by atoms with van der Waals surface area (Å²) in [5.74, 6) is 1.09. The zero-order chi connectivity index (χ0) is 10.1. The van der Waals surface area contributed by atoms with Crippen LogP contribution in [0.1, 0.15) is 26.2 Å². The molecule has 0 unspecified atom stereocenters. The molecule has 0 fully saturated rings. The van der Waals surface area contributed by atoms with Crippen LogP contribution in [0.5, 0.6) is 0 Å². The predicted octanol–water partition coefficient (Wildman–Crippen LogP) is 2.65. The van der Waals surface area contributed by atoms with E-state index in [1.165, 1.54) is 12.8 Å². The lowest BCUT2D eigenvalue weighted by Gasteiger charge is -2.17. The first-order valence-electron chi connectivity index (χ1n) is 4.47. The molecule has 0 bridgehead atoms. The second-order valence-electron chi connectivity index (χ2n) is 2.80. The minimum Gasteiger partial charge on any atom is -0.360 e. The fourth-order valence-corrected chi connectivity index (χ4v) is 1.98. The Morgan fingerprint density at radius 3 is 2.85 bits per heavy atom. The van der Waals surface area contributed by atoms with E-state index >= 15 is 0 Å². The van der Waals surface area contributed by atoms with E-state index in [2.05, 4.69) is 13.0 Å². The topological polar surface area (TPSA) is 27.0 Å². The van der Waals surface area contributed by atoms with Gasteiger partial charge in [0.15, 0.2) is 0 Å². The Hall–Kier alpha value is -0.270. The van der Waals surface area contributed by atoms with E-state index in [1.807, 2.05) is 11.9 Å². The fraction of sp³-hybridized carbons (Fsp3) is 0.778. The van der Waals surface area contributed by atoms with Gasteiger partial charge >= 0.3 is 0 Å². The molecule has 2 nitrogen and oxygen atoms in total. The normalized spacial score (nSPS) is 9.31. The highest BCUT2D eigenvalue weighted by molar-refractivity contribution is 8.22. The molecule has 0 N–H and O–H groups in total. The van der Waals surface area contributed by atoms with Gasteiger partial charge in [0, 0.05) is 19.3 Å². The van der Waals surface area contributed by atoms with Gasteiger partial charge in [-0.3, -0.25) is 0 Å². The van der Waals surface area contributed by atoms with Crippen LogP contribution in [0.4, 0.5) is 0 Å². The number of rotatable bonds is 5. The average Bonchev–Trinajstić information content (AvgIpc) is 2.14. The van der Waals surface area contributed by atoms with E-state index in [9.17, 15) is 0 Å². The van der Waals surface area contributed by atoms with E-state index in [-0.39, 0.29) is 0 Å². The van der Waals surface area contributed by atoms with Crippen LogP contribution >= 0.6 is 24.0 Å². The standard InChI is InChI=1S/C9H16N2S2/c1-3-4-8-13-9(12)11(2)7-5-6-10/h3-5,7-8H2,1-2H3. The third-order valence-electron chi connectivity index (χ3n) is 1.59. The van der Waals surface area contributed by atoms with Gasteiger partial charge in [-0.25, -0.2) is 0 Å². The van der Waals surface area contributed by atoms with Crippen LogP contribution in [0.3, 0.4) is 0 Å². The predicted molar refractivity (Wildman–Crippen MR) is 62.8 cm³/mol. The van der Waals surface area contributed by atoms with Gasteiger partial charge < -0.3 is 4.90 Å². The Morgan fingerprint density at radius 2 is 2.31 bits per heavy atom. The van der Waals surface area contributed by atoms with E-state index in [1.54, 1.807) is 11.8 Å². The Bertz CT molecular complexity index is 187. The summed E-state index contributed by atoms with van der Waals surface area (Å²) in [7, 11) is 1.94. The zero-order valence-electron chi connectivity index (χ0n) is 8.25. The molecule has 0 amide bonds. The Morgan fingerprint density at radius 1 is 1.62 bits per heavy atom. The first kappa shape index (κ1) is 12.7. The van der Waals surface area contributed by atoms with Crippen molar-refractivity contribution in [1.82, 2.24) is 4.90 Å². The van der Waals surface area contributed by atoms with Gasteiger partial charge in [-0.2, -0.15) is 5.26 Å². The summed E-state index contributed by atoms with van der Waals surface area (Å²) in [6, 6.07) is 2.11. The van der Waals surface area contributed by atoms with Crippen LogP contribution < -0.4 is 0 Å². The summed E-state index contributed by atoms with van der Waals surface area (Å²) in [4.78, 5) is 1.97. The minimum absolute atomic E-state index is 0.547. The molecule has 0 aromatic carbocycles. The summed E-state index contributed by atoms with van der Waals surface area (Å²) in [5.41, 5.74) is 0. The van der Waals surface area contributed by atoms with Gasteiger partial charge in [0.2, 0.25) is 0 Å². The van der Waals surface area contributed by atoms with Gasteiger partial charge in [-0.15, -0.1) is 0 Å². The van der Waals surface area contributed by atoms with Crippen molar-refractivity contribution in [3.8, 4) is 6.07 Å². The lowest BCUT2D eigenvalue weighted by molar-refractivity contribution is 0.534. The van der Waals surface area contributed by atoms with Crippen LogP contribution in [-0.4, -0.2) is 28.6 Å². The summed E-state index contributed by atoms with van der Waals surface area (Å²) in [6.45, 7) is 2.91.